The van der Waals surface area contributed by atoms with Crippen LogP contribution in [0.3, 0.4) is 0 Å². The van der Waals surface area contributed by atoms with E-state index in [1.54, 1.807) is 24.3 Å². The zero-order chi connectivity index (χ0) is 16.8. The van der Waals surface area contributed by atoms with Crippen LogP contribution in [-0.2, 0) is 22.7 Å². The van der Waals surface area contributed by atoms with E-state index in [1.165, 1.54) is 6.07 Å². The Labute approximate surface area is 137 Å². The van der Waals surface area contributed by atoms with Gasteiger partial charge in [-0.1, -0.05) is 35.9 Å². The first-order valence-electron chi connectivity index (χ1n) is 6.73. The second-order valence-electron chi connectivity index (χ2n) is 4.69. The van der Waals surface area contributed by atoms with Crippen LogP contribution in [0.15, 0.2) is 42.5 Å². The van der Waals surface area contributed by atoms with Crippen molar-refractivity contribution >= 4 is 29.1 Å². The predicted molar refractivity (Wildman–Crippen MR) is 84.3 cm³/mol. The summed E-state index contributed by atoms with van der Waals surface area (Å²) in [5, 5.41) is 13.9. The van der Waals surface area contributed by atoms with Crippen molar-refractivity contribution in [2.75, 3.05) is 5.32 Å². The van der Waals surface area contributed by atoms with Gasteiger partial charge in [-0.05, 0) is 29.3 Å². The zero-order valence-corrected chi connectivity index (χ0v) is 12.7. The molecular formula is C16H14ClFN2O3. The Balaban J connectivity index is 1.96. The lowest BCUT2D eigenvalue weighted by Crippen LogP contribution is -2.35. The van der Waals surface area contributed by atoms with Crippen molar-refractivity contribution in [2.45, 2.75) is 13.2 Å². The molecule has 0 radical (unpaired) electrons. The number of anilines is 1. The van der Waals surface area contributed by atoms with Crippen LogP contribution in [-0.4, -0.2) is 16.9 Å². The fourth-order valence-corrected chi connectivity index (χ4v) is 2.12. The van der Waals surface area contributed by atoms with Gasteiger partial charge in [0, 0.05) is 6.54 Å². The third kappa shape index (κ3) is 4.51. The number of benzene rings is 2. The molecule has 0 spiro atoms. The molecule has 0 saturated carbocycles. The third-order valence-electron chi connectivity index (χ3n) is 3.11. The van der Waals surface area contributed by atoms with Crippen molar-refractivity contribution in [1.82, 2.24) is 5.32 Å². The maximum absolute atomic E-state index is 12.9. The van der Waals surface area contributed by atoms with E-state index in [0.717, 1.165) is 12.1 Å². The van der Waals surface area contributed by atoms with Crippen molar-refractivity contribution in [3.63, 3.8) is 0 Å². The topological polar surface area (TPSA) is 78.4 Å². The molecule has 0 fully saturated rings. The predicted octanol–water partition coefficient (Wildman–Crippen LogP) is 2.23. The largest absolute Gasteiger partial charge is 0.392 e. The SMILES string of the molecule is O=C(NCc1ccccc1CO)C(=O)Nc1ccc(F)cc1Cl. The Bertz CT molecular complexity index is 737. The van der Waals surface area contributed by atoms with E-state index >= 15 is 0 Å². The lowest BCUT2D eigenvalue weighted by atomic mass is 10.1. The molecule has 23 heavy (non-hydrogen) atoms. The zero-order valence-electron chi connectivity index (χ0n) is 12.0. The number of aliphatic hydroxyl groups is 1. The first-order chi connectivity index (χ1) is 11.0. The molecule has 2 aromatic rings. The highest BCUT2D eigenvalue weighted by Gasteiger charge is 2.15. The molecule has 0 aromatic heterocycles. The summed E-state index contributed by atoms with van der Waals surface area (Å²) in [5.41, 5.74) is 1.51. The van der Waals surface area contributed by atoms with Crippen molar-refractivity contribution < 1.29 is 19.1 Å². The summed E-state index contributed by atoms with van der Waals surface area (Å²) >= 11 is 5.78. The number of rotatable bonds is 4. The molecule has 0 saturated heterocycles. The number of nitrogens with one attached hydrogen (secondary N) is 2. The molecule has 120 valence electrons. The van der Waals surface area contributed by atoms with E-state index in [9.17, 15) is 19.1 Å². The monoisotopic (exact) mass is 336 g/mol. The molecule has 0 aliphatic heterocycles. The molecule has 0 aliphatic rings. The molecule has 0 unspecified atom stereocenters. The summed E-state index contributed by atoms with van der Waals surface area (Å²) in [7, 11) is 0. The minimum Gasteiger partial charge on any atom is -0.392 e. The molecule has 2 amide bonds. The normalized spacial score (nSPS) is 10.2. The minimum absolute atomic E-state index is 0.00299. The number of carbonyl (C=O) groups excluding carboxylic acids is 2. The number of hydrogen-bond donors (Lipinski definition) is 3. The van der Waals surface area contributed by atoms with E-state index in [-0.39, 0.29) is 23.9 Å². The van der Waals surface area contributed by atoms with Crippen LogP contribution >= 0.6 is 11.6 Å². The quantitative estimate of drug-likeness (QED) is 0.749. The number of hydrogen-bond acceptors (Lipinski definition) is 3. The Hall–Kier alpha value is -2.44. The number of amides is 2. The summed E-state index contributed by atoms with van der Waals surface area (Å²) in [5.74, 6) is -2.32. The van der Waals surface area contributed by atoms with E-state index in [0.29, 0.717) is 11.1 Å². The first-order valence-corrected chi connectivity index (χ1v) is 7.11. The number of carbonyl (C=O) groups is 2. The molecular weight excluding hydrogens is 323 g/mol. The Morgan fingerprint density at radius 1 is 1.09 bits per heavy atom. The van der Waals surface area contributed by atoms with Crippen molar-refractivity contribution in [3.8, 4) is 0 Å². The molecule has 0 bridgehead atoms. The molecule has 0 atom stereocenters. The van der Waals surface area contributed by atoms with Crippen LogP contribution in [0, 0.1) is 5.82 Å². The summed E-state index contributed by atoms with van der Waals surface area (Å²) < 4.78 is 12.9. The molecule has 7 heteroatoms. The van der Waals surface area contributed by atoms with Crippen molar-refractivity contribution in [3.05, 3.63) is 64.4 Å². The van der Waals surface area contributed by atoms with Gasteiger partial charge in [-0.15, -0.1) is 0 Å². The van der Waals surface area contributed by atoms with Crippen molar-refractivity contribution in [2.24, 2.45) is 0 Å². The Morgan fingerprint density at radius 2 is 1.78 bits per heavy atom. The van der Waals surface area contributed by atoms with Gasteiger partial charge in [0.05, 0.1) is 17.3 Å². The molecule has 0 aliphatic carbocycles. The smallest absolute Gasteiger partial charge is 0.313 e. The minimum atomic E-state index is -0.917. The summed E-state index contributed by atoms with van der Waals surface area (Å²) in [6.45, 7) is -0.0659. The highest BCUT2D eigenvalue weighted by atomic mass is 35.5. The van der Waals surface area contributed by atoms with E-state index < -0.39 is 17.6 Å². The molecule has 2 rings (SSSR count). The fraction of sp³-hybridized carbons (Fsp3) is 0.125. The lowest BCUT2D eigenvalue weighted by Gasteiger charge is -2.10. The highest BCUT2D eigenvalue weighted by molar-refractivity contribution is 6.41. The summed E-state index contributed by atoms with van der Waals surface area (Å²) in [6, 6.07) is 10.4. The van der Waals surface area contributed by atoms with Crippen molar-refractivity contribution in [1.29, 1.82) is 0 Å². The van der Waals surface area contributed by atoms with Gasteiger partial charge < -0.3 is 15.7 Å². The highest BCUT2D eigenvalue weighted by Crippen LogP contribution is 2.22. The van der Waals surface area contributed by atoms with Gasteiger partial charge >= 0.3 is 11.8 Å². The van der Waals surface area contributed by atoms with Gasteiger partial charge in [0.25, 0.3) is 0 Å². The fourth-order valence-electron chi connectivity index (χ4n) is 1.91. The van der Waals surface area contributed by atoms with Crippen LogP contribution in [0.4, 0.5) is 10.1 Å². The number of halogens is 2. The van der Waals surface area contributed by atoms with Gasteiger partial charge in [-0.2, -0.15) is 0 Å². The standard InChI is InChI=1S/C16H14ClFN2O3/c17-13-7-12(18)5-6-14(13)20-16(23)15(22)19-8-10-3-1-2-4-11(10)9-21/h1-7,21H,8-9H2,(H,19,22)(H,20,23). The average molecular weight is 337 g/mol. The van der Waals surface area contributed by atoms with Crippen LogP contribution in [0.5, 0.6) is 0 Å². The van der Waals surface area contributed by atoms with Crippen LogP contribution in [0.2, 0.25) is 5.02 Å². The van der Waals surface area contributed by atoms with Gasteiger partial charge in [0.1, 0.15) is 5.82 Å². The summed E-state index contributed by atoms with van der Waals surface area (Å²) in [6.07, 6.45) is 0. The molecule has 0 heterocycles. The van der Waals surface area contributed by atoms with Gasteiger partial charge in [0.15, 0.2) is 0 Å². The Kier molecular flexibility index (Phi) is 5.67. The van der Waals surface area contributed by atoms with Crippen LogP contribution in [0.25, 0.3) is 0 Å². The number of aliphatic hydroxyl groups excluding tert-OH is 1. The average Bonchev–Trinajstić information content (AvgIpc) is 2.55. The lowest BCUT2D eigenvalue weighted by molar-refractivity contribution is -0.136. The van der Waals surface area contributed by atoms with E-state index in [2.05, 4.69) is 10.6 Å². The first kappa shape index (κ1) is 16.9. The van der Waals surface area contributed by atoms with Gasteiger partial charge in [-0.3, -0.25) is 9.59 Å². The Morgan fingerprint density at radius 3 is 2.43 bits per heavy atom. The summed E-state index contributed by atoms with van der Waals surface area (Å²) in [4.78, 5) is 23.6. The van der Waals surface area contributed by atoms with E-state index in [1.807, 2.05) is 0 Å². The molecule has 2 aromatic carbocycles. The maximum Gasteiger partial charge on any atom is 0.313 e. The second kappa shape index (κ2) is 7.71. The van der Waals surface area contributed by atoms with E-state index in [4.69, 9.17) is 11.6 Å². The van der Waals surface area contributed by atoms with Crippen LogP contribution in [0.1, 0.15) is 11.1 Å². The van der Waals surface area contributed by atoms with Gasteiger partial charge in [0.2, 0.25) is 0 Å². The third-order valence-corrected chi connectivity index (χ3v) is 3.43. The molecule has 3 N–H and O–H groups in total. The van der Waals surface area contributed by atoms with Crippen LogP contribution < -0.4 is 10.6 Å². The second-order valence-corrected chi connectivity index (χ2v) is 5.09. The maximum atomic E-state index is 12.9. The molecule has 5 nitrogen and oxygen atoms in total. The van der Waals surface area contributed by atoms with Gasteiger partial charge in [-0.25, -0.2) is 4.39 Å².